The topological polar surface area (TPSA) is 41.9 Å². The first-order valence-electron chi connectivity index (χ1n) is 7.24. The van der Waals surface area contributed by atoms with Gasteiger partial charge in [-0.1, -0.05) is 53.8 Å². The van der Waals surface area contributed by atoms with Crippen LogP contribution in [0, 0.1) is 5.82 Å². The van der Waals surface area contributed by atoms with E-state index >= 15 is 0 Å². The Morgan fingerprint density at radius 3 is 2.88 bits per heavy atom. The second kappa shape index (κ2) is 7.95. The molecule has 0 unspecified atom stereocenters. The van der Waals surface area contributed by atoms with Gasteiger partial charge in [0.05, 0.1) is 17.0 Å². The number of thioether (sulfide) groups is 1. The van der Waals surface area contributed by atoms with E-state index in [-0.39, 0.29) is 12.5 Å². The highest BCUT2D eigenvalue weighted by Crippen LogP contribution is 2.22. The lowest BCUT2D eigenvalue weighted by Gasteiger charge is -2.10. The van der Waals surface area contributed by atoms with E-state index in [9.17, 15) is 9.18 Å². The van der Waals surface area contributed by atoms with Crippen LogP contribution in [-0.4, -0.2) is 27.2 Å². The van der Waals surface area contributed by atoms with E-state index in [2.05, 4.69) is 5.10 Å². The van der Waals surface area contributed by atoms with Gasteiger partial charge in [0.15, 0.2) is 4.32 Å². The van der Waals surface area contributed by atoms with Gasteiger partial charge in [0.2, 0.25) is 0 Å². The third kappa shape index (κ3) is 4.36. The molecular formula is C17H12ClFN2O2S2. The minimum atomic E-state index is -0.413. The fourth-order valence-electron chi connectivity index (χ4n) is 2.09. The maximum absolute atomic E-state index is 13.8. The van der Waals surface area contributed by atoms with Crippen LogP contribution in [0.25, 0.3) is 0 Å². The van der Waals surface area contributed by atoms with E-state index in [1.165, 1.54) is 29.1 Å². The van der Waals surface area contributed by atoms with Gasteiger partial charge in [0.1, 0.15) is 18.2 Å². The summed E-state index contributed by atoms with van der Waals surface area (Å²) in [6, 6.07) is 11.5. The van der Waals surface area contributed by atoms with Gasteiger partial charge >= 0.3 is 0 Å². The van der Waals surface area contributed by atoms with Gasteiger partial charge in [-0.2, -0.15) is 10.1 Å². The minimum Gasteiger partial charge on any atom is -0.489 e. The second-order valence-electron chi connectivity index (χ2n) is 5.07. The number of carbonyl (C=O) groups is 1. The molecule has 1 saturated heterocycles. The molecule has 0 aliphatic carbocycles. The number of rotatable bonds is 5. The largest absolute Gasteiger partial charge is 0.489 e. The van der Waals surface area contributed by atoms with E-state index in [1.54, 1.807) is 30.3 Å². The van der Waals surface area contributed by atoms with Crippen molar-refractivity contribution in [3.63, 3.8) is 0 Å². The van der Waals surface area contributed by atoms with Gasteiger partial charge < -0.3 is 4.74 Å². The van der Waals surface area contributed by atoms with Crippen molar-refractivity contribution < 1.29 is 13.9 Å². The van der Waals surface area contributed by atoms with Gasteiger partial charge in [-0.3, -0.25) is 4.79 Å². The average molecular weight is 395 g/mol. The summed E-state index contributed by atoms with van der Waals surface area (Å²) in [6.07, 6.45) is 1.53. The minimum absolute atomic E-state index is 0.0113. The number of amides is 1. The zero-order chi connectivity index (χ0) is 17.8. The quantitative estimate of drug-likeness (QED) is 0.561. The zero-order valence-electron chi connectivity index (χ0n) is 12.8. The van der Waals surface area contributed by atoms with E-state index in [0.717, 1.165) is 5.56 Å². The molecule has 128 valence electrons. The van der Waals surface area contributed by atoms with Crippen molar-refractivity contribution >= 4 is 52.0 Å². The first kappa shape index (κ1) is 17.8. The number of benzene rings is 2. The maximum atomic E-state index is 13.8. The lowest BCUT2D eigenvalue weighted by molar-refractivity contribution is -0.123. The molecule has 8 heteroatoms. The highest BCUT2D eigenvalue weighted by atomic mass is 35.5. The predicted molar refractivity (Wildman–Crippen MR) is 102 cm³/mol. The summed E-state index contributed by atoms with van der Waals surface area (Å²) in [4.78, 5) is 11.6. The number of hydrogen-bond donors (Lipinski definition) is 0. The van der Waals surface area contributed by atoms with Gasteiger partial charge in [-0.05, 0) is 29.8 Å². The molecular weight excluding hydrogens is 383 g/mol. The van der Waals surface area contributed by atoms with Crippen LogP contribution in [0.15, 0.2) is 47.6 Å². The van der Waals surface area contributed by atoms with Crippen LogP contribution in [-0.2, 0) is 11.4 Å². The normalized spacial score (nSPS) is 14.6. The van der Waals surface area contributed by atoms with Gasteiger partial charge in [-0.15, -0.1) is 0 Å². The Hall–Kier alpha value is -1.96. The van der Waals surface area contributed by atoms with Crippen molar-refractivity contribution in [1.29, 1.82) is 0 Å². The summed E-state index contributed by atoms with van der Waals surface area (Å²) in [6.45, 7) is 0.0113. The highest BCUT2D eigenvalue weighted by Gasteiger charge is 2.25. The molecule has 1 fully saturated rings. The first-order valence-corrected chi connectivity index (χ1v) is 9.01. The number of hydrazone groups is 1. The van der Waals surface area contributed by atoms with Crippen molar-refractivity contribution in [2.24, 2.45) is 5.10 Å². The molecule has 0 N–H and O–H groups in total. The van der Waals surface area contributed by atoms with Crippen LogP contribution >= 0.6 is 35.6 Å². The fourth-order valence-corrected chi connectivity index (χ4v) is 3.28. The maximum Gasteiger partial charge on any atom is 0.259 e. The SMILES string of the molecule is O=C1CSC(=S)N1/N=C/c1cccc(OCc2c(F)cccc2Cl)c1. The van der Waals surface area contributed by atoms with Crippen LogP contribution < -0.4 is 4.74 Å². The predicted octanol–water partition coefficient (Wildman–Crippen LogP) is 4.25. The number of hydrogen-bond acceptors (Lipinski definition) is 5. The van der Waals surface area contributed by atoms with E-state index in [0.29, 0.717) is 26.4 Å². The zero-order valence-corrected chi connectivity index (χ0v) is 15.2. The first-order chi connectivity index (χ1) is 12.0. The number of ether oxygens (including phenoxy) is 1. The number of thiocarbonyl (C=S) groups is 1. The van der Waals surface area contributed by atoms with E-state index in [1.807, 2.05) is 6.07 Å². The van der Waals surface area contributed by atoms with Gasteiger partial charge in [-0.25, -0.2) is 4.39 Å². The van der Waals surface area contributed by atoms with Crippen LogP contribution in [0.4, 0.5) is 4.39 Å². The smallest absolute Gasteiger partial charge is 0.259 e. The Morgan fingerprint density at radius 1 is 1.36 bits per heavy atom. The van der Waals surface area contributed by atoms with Crippen molar-refractivity contribution in [1.82, 2.24) is 5.01 Å². The fraction of sp³-hybridized carbons (Fsp3) is 0.118. The Bertz CT molecular complexity index is 824. The number of nitrogens with zero attached hydrogens (tertiary/aromatic N) is 2. The highest BCUT2D eigenvalue weighted by molar-refractivity contribution is 8.23. The number of carbonyl (C=O) groups excluding carboxylic acids is 1. The van der Waals surface area contributed by atoms with Crippen LogP contribution in [0.5, 0.6) is 5.75 Å². The Kier molecular flexibility index (Phi) is 5.67. The molecule has 2 aromatic rings. The van der Waals surface area contributed by atoms with Crippen molar-refractivity contribution in [3.05, 3.63) is 64.4 Å². The Balaban J connectivity index is 1.69. The van der Waals surface area contributed by atoms with Crippen LogP contribution in [0.3, 0.4) is 0 Å². The Labute approximate surface area is 158 Å². The molecule has 3 rings (SSSR count). The summed E-state index contributed by atoms with van der Waals surface area (Å²) < 4.78 is 19.8. The van der Waals surface area contributed by atoms with Crippen molar-refractivity contribution in [2.75, 3.05) is 5.75 Å². The molecule has 4 nitrogen and oxygen atoms in total. The van der Waals surface area contributed by atoms with Crippen LogP contribution in [0.1, 0.15) is 11.1 Å². The summed E-state index contributed by atoms with van der Waals surface area (Å²) in [5.74, 6) is 0.285. The molecule has 0 radical (unpaired) electrons. The second-order valence-corrected chi connectivity index (χ2v) is 7.08. The summed E-state index contributed by atoms with van der Waals surface area (Å²) in [5, 5.41) is 5.62. The van der Waals surface area contributed by atoms with E-state index < -0.39 is 5.82 Å². The average Bonchev–Trinajstić information content (AvgIpc) is 2.91. The lowest BCUT2D eigenvalue weighted by atomic mass is 10.2. The number of halogens is 2. The lowest BCUT2D eigenvalue weighted by Crippen LogP contribution is -2.22. The molecule has 0 saturated carbocycles. The van der Waals surface area contributed by atoms with Gasteiger partial charge in [0, 0.05) is 5.56 Å². The summed E-state index contributed by atoms with van der Waals surface area (Å²) >= 11 is 12.3. The van der Waals surface area contributed by atoms with Crippen molar-refractivity contribution in [2.45, 2.75) is 6.61 Å². The molecule has 1 aliphatic rings. The Morgan fingerprint density at radius 2 is 2.16 bits per heavy atom. The molecule has 2 aromatic carbocycles. The van der Waals surface area contributed by atoms with Crippen molar-refractivity contribution in [3.8, 4) is 5.75 Å². The molecule has 1 heterocycles. The van der Waals surface area contributed by atoms with Crippen LogP contribution in [0.2, 0.25) is 5.02 Å². The van der Waals surface area contributed by atoms with Gasteiger partial charge in [0.25, 0.3) is 5.91 Å². The molecule has 0 aromatic heterocycles. The summed E-state index contributed by atoms with van der Waals surface area (Å²) in [5.41, 5.74) is 1.03. The van der Waals surface area contributed by atoms with E-state index in [4.69, 9.17) is 28.6 Å². The third-order valence-electron chi connectivity index (χ3n) is 3.35. The standard InChI is InChI=1S/C17H12ClFN2O2S2/c18-14-5-2-6-15(19)13(14)9-23-12-4-1-3-11(7-12)8-20-21-16(22)10-25-17(21)24/h1-8H,9-10H2/b20-8+. The molecule has 1 amide bonds. The molecule has 1 aliphatic heterocycles. The third-order valence-corrected chi connectivity index (χ3v) is 5.05. The molecule has 25 heavy (non-hydrogen) atoms. The monoisotopic (exact) mass is 394 g/mol. The summed E-state index contributed by atoms with van der Waals surface area (Å²) in [7, 11) is 0. The molecule has 0 atom stereocenters. The molecule has 0 spiro atoms. The molecule has 0 bridgehead atoms.